The quantitative estimate of drug-likeness (QED) is 0.533. The largest absolute Gasteiger partial charge is 0.0656 e. The lowest BCUT2D eigenvalue weighted by Gasteiger charge is -2.05. The van der Waals surface area contributed by atoms with Crippen LogP contribution in [0.15, 0.2) is 0 Å². The van der Waals surface area contributed by atoms with Gasteiger partial charge in [0.1, 0.15) is 0 Å². The first-order chi connectivity index (χ1) is 6.45. The zero-order valence-electron chi connectivity index (χ0n) is 12.0. The molecule has 0 bridgehead atoms. The fourth-order valence-electron chi connectivity index (χ4n) is 0.667. The summed E-state index contributed by atoms with van der Waals surface area (Å²) in [7, 11) is 0. The van der Waals surface area contributed by atoms with Gasteiger partial charge in [0.25, 0.3) is 0 Å². The van der Waals surface area contributed by atoms with Gasteiger partial charge in [0.15, 0.2) is 0 Å². The summed E-state index contributed by atoms with van der Waals surface area (Å²) < 4.78 is 0. The Hall–Kier alpha value is 0. The maximum Gasteiger partial charge on any atom is -0.0471 e. The van der Waals surface area contributed by atoms with Gasteiger partial charge in [0.2, 0.25) is 0 Å². The normalized spacial score (nSPS) is 9.00. The van der Waals surface area contributed by atoms with Crippen LogP contribution in [0.4, 0.5) is 0 Å². The van der Waals surface area contributed by atoms with Gasteiger partial charge in [0.05, 0.1) is 0 Å². The van der Waals surface area contributed by atoms with E-state index in [9.17, 15) is 0 Å². The lowest BCUT2D eigenvalue weighted by molar-refractivity contribution is 0.476. The van der Waals surface area contributed by atoms with Crippen molar-refractivity contribution < 1.29 is 0 Å². The average Bonchev–Trinajstić information content (AvgIpc) is 2.04. The van der Waals surface area contributed by atoms with Crippen molar-refractivity contribution >= 4 is 0 Å². The summed E-state index contributed by atoms with van der Waals surface area (Å²) in [6.07, 6.45) is 5.27. The van der Waals surface area contributed by atoms with Crippen LogP contribution in [0.2, 0.25) is 0 Å². The minimum Gasteiger partial charge on any atom is -0.0656 e. The summed E-state index contributed by atoms with van der Waals surface area (Å²) in [4.78, 5) is 0. The zero-order chi connectivity index (χ0) is 12.0. The predicted molar refractivity (Wildman–Crippen MR) is 70.8 cm³/mol. The number of hydrogen-bond donors (Lipinski definition) is 0. The molecule has 0 aliphatic heterocycles. The van der Waals surface area contributed by atoms with Crippen molar-refractivity contribution in [2.45, 2.75) is 81.1 Å². The highest BCUT2D eigenvalue weighted by Gasteiger charge is 1.95. The Morgan fingerprint density at radius 1 is 0.571 bits per heavy atom. The van der Waals surface area contributed by atoms with Crippen molar-refractivity contribution in [2.75, 3.05) is 0 Å². The molecule has 0 atom stereocenters. The lowest BCUT2D eigenvalue weighted by atomic mass is 10.0. The SMILES string of the molecule is CC(C)CCC(C)C.CCC.CCC. The molecular weight excluding hydrogens is 168 g/mol. The molecule has 14 heavy (non-hydrogen) atoms. The van der Waals surface area contributed by atoms with E-state index in [0.29, 0.717) is 0 Å². The Morgan fingerprint density at radius 3 is 0.786 bits per heavy atom. The summed E-state index contributed by atoms with van der Waals surface area (Å²) in [5.74, 6) is 1.77. The molecule has 0 aromatic rings. The van der Waals surface area contributed by atoms with Crippen LogP contribution < -0.4 is 0 Å². The first-order valence-corrected chi connectivity index (χ1v) is 6.45. The Morgan fingerprint density at radius 2 is 0.714 bits per heavy atom. The second kappa shape index (κ2) is 18.7. The minimum atomic E-state index is 0.886. The Balaban J connectivity index is -0.000000168. The van der Waals surface area contributed by atoms with Crippen LogP contribution in [0.1, 0.15) is 81.1 Å². The zero-order valence-corrected chi connectivity index (χ0v) is 12.0. The molecule has 0 saturated carbocycles. The van der Waals surface area contributed by atoms with Crippen molar-refractivity contribution in [2.24, 2.45) is 11.8 Å². The molecule has 0 saturated heterocycles. The second-order valence-corrected chi connectivity index (χ2v) is 4.78. The summed E-state index contributed by atoms with van der Waals surface area (Å²) in [6.45, 7) is 17.6. The van der Waals surface area contributed by atoms with E-state index in [2.05, 4.69) is 55.4 Å². The standard InChI is InChI=1S/C8H18.2C3H8/c1-7(2)5-6-8(3)4;2*1-3-2/h7-8H,5-6H2,1-4H3;2*3H2,1-2H3. The van der Waals surface area contributed by atoms with E-state index < -0.39 is 0 Å². The molecule has 0 radical (unpaired) electrons. The molecule has 0 aromatic carbocycles. The maximum atomic E-state index is 2.28. The van der Waals surface area contributed by atoms with Gasteiger partial charge in [-0.3, -0.25) is 0 Å². The van der Waals surface area contributed by atoms with Crippen molar-refractivity contribution in [3.8, 4) is 0 Å². The van der Waals surface area contributed by atoms with Crippen LogP contribution in [-0.2, 0) is 0 Å². The van der Waals surface area contributed by atoms with Gasteiger partial charge >= 0.3 is 0 Å². The van der Waals surface area contributed by atoms with Crippen molar-refractivity contribution in [3.05, 3.63) is 0 Å². The molecule has 0 aliphatic carbocycles. The highest BCUT2D eigenvalue weighted by molar-refractivity contribution is 4.48. The van der Waals surface area contributed by atoms with Gasteiger partial charge in [-0.1, -0.05) is 81.1 Å². The van der Waals surface area contributed by atoms with E-state index in [-0.39, 0.29) is 0 Å². The Kier molecular flexibility index (Phi) is 26.1. The molecule has 0 aromatic heterocycles. The maximum absolute atomic E-state index is 2.28. The molecule has 90 valence electrons. The molecule has 0 heterocycles. The number of hydrogen-bond acceptors (Lipinski definition) is 0. The van der Waals surface area contributed by atoms with E-state index in [4.69, 9.17) is 0 Å². The second-order valence-electron chi connectivity index (χ2n) is 4.78. The van der Waals surface area contributed by atoms with Crippen LogP contribution in [0.3, 0.4) is 0 Å². The molecule has 0 heteroatoms. The van der Waals surface area contributed by atoms with Crippen LogP contribution in [0.25, 0.3) is 0 Å². The minimum absolute atomic E-state index is 0.886. The molecule has 0 spiro atoms. The third kappa shape index (κ3) is 58.1. The molecule has 0 fully saturated rings. The average molecular weight is 202 g/mol. The fourth-order valence-corrected chi connectivity index (χ4v) is 0.667. The van der Waals surface area contributed by atoms with Gasteiger partial charge in [0, 0.05) is 0 Å². The monoisotopic (exact) mass is 202 g/mol. The summed E-state index contributed by atoms with van der Waals surface area (Å²) in [5, 5.41) is 0. The van der Waals surface area contributed by atoms with Gasteiger partial charge in [-0.15, -0.1) is 0 Å². The van der Waals surface area contributed by atoms with Crippen LogP contribution in [0.5, 0.6) is 0 Å². The van der Waals surface area contributed by atoms with Gasteiger partial charge < -0.3 is 0 Å². The van der Waals surface area contributed by atoms with Crippen molar-refractivity contribution in [1.82, 2.24) is 0 Å². The highest BCUT2D eigenvalue weighted by Crippen LogP contribution is 2.09. The summed E-state index contributed by atoms with van der Waals surface area (Å²) >= 11 is 0. The van der Waals surface area contributed by atoms with Crippen LogP contribution in [0, 0.1) is 11.8 Å². The topological polar surface area (TPSA) is 0 Å². The Bertz CT molecular complexity index is 52.4. The third-order valence-corrected chi connectivity index (χ3v) is 1.32. The first-order valence-electron chi connectivity index (χ1n) is 6.45. The van der Waals surface area contributed by atoms with E-state index in [1.807, 2.05) is 0 Å². The van der Waals surface area contributed by atoms with E-state index in [0.717, 1.165) is 11.8 Å². The Labute approximate surface area is 93.5 Å². The third-order valence-electron chi connectivity index (χ3n) is 1.32. The molecule has 0 aliphatic rings. The lowest BCUT2D eigenvalue weighted by Crippen LogP contribution is -1.91. The molecule has 0 nitrogen and oxygen atoms in total. The van der Waals surface area contributed by atoms with Crippen LogP contribution in [-0.4, -0.2) is 0 Å². The fraction of sp³-hybridized carbons (Fsp3) is 1.00. The van der Waals surface area contributed by atoms with Crippen molar-refractivity contribution in [3.63, 3.8) is 0 Å². The predicted octanol–water partition coefficient (Wildman–Crippen LogP) is 5.91. The molecule has 0 rings (SSSR count). The summed E-state index contributed by atoms with van der Waals surface area (Å²) in [6, 6.07) is 0. The molecule has 0 N–H and O–H groups in total. The molecular formula is C14H34. The molecule has 0 amide bonds. The highest BCUT2D eigenvalue weighted by atomic mass is 14.0. The summed E-state index contributed by atoms with van der Waals surface area (Å²) in [5.41, 5.74) is 0. The van der Waals surface area contributed by atoms with E-state index in [1.165, 1.54) is 25.7 Å². The van der Waals surface area contributed by atoms with Crippen molar-refractivity contribution in [1.29, 1.82) is 0 Å². The van der Waals surface area contributed by atoms with E-state index >= 15 is 0 Å². The number of rotatable bonds is 3. The van der Waals surface area contributed by atoms with Gasteiger partial charge in [-0.25, -0.2) is 0 Å². The van der Waals surface area contributed by atoms with E-state index in [1.54, 1.807) is 0 Å². The molecule has 0 unspecified atom stereocenters. The first kappa shape index (κ1) is 19.6. The van der Waals surface area contributed by atoms with Gasteiger partial charge in [-0.2, -0.15) is 0 Å². The smallest absolute Gasteiger partial charge is 0.0471 e. The van der Waals surface area contributed by atoms with Gasteiger partial charge in [-0.05, 0) is 11.8 Å². The van der Waals surface area contributed by atoms with Crippen LogP contribution >= 0.6 is 0 Å².